The Balaban J connectivity index is 0.000000103. The summed E-state index contributed by atoms with van der Waals surface area (Å²) in [6.07, 6.45) is 6.62. The fraction of sp³-hybridized carbons (Fsp3) is 0. The highest BCUT2D eigenvalue weighted by Gasteiger charge is 2.23. The highest BCUT2D eigenvalue weighted by Crippen LogP contribution is 2.44. The van der Waals surface area contributed by atoms with E-state index in [-0.39, 0.29) is 0 Å². The first kappa shape index (κ1) is 68.4. The number of nitrogens with zero attached hydrogens (tertiary/aromatic N) is 6. The van der Waals surface area contributed by atoms with Crippen LogP contribution in [0.3, 0.4) is 0 Å². The van der Waals surface area contributed by atoms with Crippen LogP contribution in [0, 0.1) is 0 Å². The largest absolute Gasteiger partial charge is 0.315 e. The van der Waals surface area contributed by atoms with Crippen LogP contribution in [0.25, 0.3) is 219 Å². The molecule has 26 aromatic rings. The molecule has 6 nitrogen and oxygen atoms in total. The lowest BCUT2D eigenvalue weighted by Crippen LogP contribution is -1.98. The Morgan fingerprint density at radius 1 is 0.125 bits per heavy atom. The Hall–Kier alpha value is -16.0. The fourth-order valence-electron chi connectivity index (χ4n) is 19.4. The van der Waals surface area contributed by atoms with Crippen LogP contribution in [-0.2, 0) is 0 Å². The standard InChI is InChI=1S/2C40H26N2.C34H22N2/c1-2-11-32(12-3-1)42-38-16-7-6-15-36(38)37-22-19-28-23-24-41(39(28)40(37)42)33-13-8-10-29(26-33)30-20-21-35-31(25-30)18-17-27-9-4-5-14-34(27)35;1-2-9-33(10-3-1)42-38-13-7-6-12-36(38)37-23-18-29-24-25-41(39(29)40(37)42)32-20-16-27(17-21-32)30-19-22-35-31(26-30)15-14-28-8-4-5-11-34(28)35;1-2-9-26(10-3-1)36-32-13-7-6-12-30(32)31-18-16-24-20-21-35(33(24)34(31)36)27-17-19-29-25(22-27)15-14-23-8-4-5-11-28(23)29/h2*1-26H;1-22H. The molecule has 6 heterocycles. The van der Waals surface area contributed by atoms with Crippen molar-refractivity contribution in [3.05, 3.63) is 449 Å². The molecule has 120 heavy (non-hydrogen) atoms. The van der Waals surface area contributed by atoms with Crippen LogP contribution in [-0.4, -0.2) is 27.4 Å². The molecule has 0 saturated carbocycles. The van der Waals surface area contributed by atoms with Crippen molar-refractivity contribution in [3.8, 4) is 56.4 Å². The maximum atomic E-state index is 2.42. The average Bonchev–Trinajstić information content (AvgIpc) is 1.57. The molecular formula is C114H74N6. The molecule has 0 unspecified atom stereocenters. The second kappa shape index (κ2) is 27.9. The second-order valence-corrected chi connectivity index (χ2v) is 31.6. The van der Waals surface area contributed by atoms with E-state index in [1.807, 2.05) is 0 Å². The topological polar surface area (TPSA) is 29.6 Å². The van der Waals surface area contributed by atoms with Gasteiger partial charge in [-0.05, 0) is 208 Å². The predicted molar refractivity (Wildman–Crippen MR) is 509 cm³/mol. The second-order valence-electron chi connectivity index (χ2n) is 31.6. The van der Waals surface area contributed by atoms with E-state index in [0.717, 1.165) is 11.4 Å². The monoisotopic (exact) mass is 1530 g/mol. The summed E-state index contributed by atoms with van der Waals surface area (Å²) in [4.78, 5) is 0. The Morgan fingerprint density at radius 2 is 0.400 bits per heavy atom. The first-order valence-corrected chi connectivity index (χ1v) is 41.3. The van der Waals surface area contributed by atoms with Crippen molar-refractivity contribution >= 4 is 163 Å². The van der Waals surface area contributed by atoms with Gasteiger partial charge in [0.1, 0.15) is 0 Å². The van der Waals surface area contributed by atoms with Gasteiger partial charge in [-0.25, -0.2) is 0 Å². The third-order valence-corrected chi connectivity index (χ3v) is 24.9. The lowest BCUT2D eigenvalue weighted by molar-refractivity contribution is 1.12. The Kier molecular flexibility index (Phi) is 15.9. The molecule has 0 fully saturated rings. The predicted octanol–water partition coefficient (Wildman–Crippen LogP) is 30.4. The third kappa shape index (κ3) is 11.1. The molecule has 0 atom stereocenters. The van der Waals surface area contributed by atoms with Crippen LogP contribution < -0.4 is 0 Å². The lowest BCUT2D eigenvalue weighted by Gasteiger charge is -2.13. The molecule has 0 amide bonds. The Bertz CT molecular complexity index is 8590. The minimum absolute atomic E-state index is 1.15. The quantitative estimate of drug-likeness (QED) is 0.136. The molecule has 6 aromatic heterocycles. The smallest absolute Gasteiger partial charge is 0.0788 e. The van der Waals surface area contributed by atoms with E-state index in [0.29, 0.717) is 0 Å². The average molecular weight is 1530 g/mol. The molecule has 0 bridgehead atoms. The minimum Gasteiger partial charge on any atom is -0.315 e. The number of hydrogen-bond donors (Lipinski definition) is 0. The Labute approximate surface area is 691 Å². The highest BCUT2D eigenvalue weighted by atomic mass is 15.1. The minimum atomic E-state index is 1.15. The molecule has 0 radical (unpaired) electrons. The van der Waals surface area contributed by atoms with Gasteiger partial charge in [-0.3, -0.25) is 0 Å². The summed E-state index contributed by atoms with van der Waals surface area (Å²) in [5, 5.41) is 26.7. The molecule has 0 spiro atoms. The van der Waals surface area contributed by atoms with E-state index in [2.05, 4.69) is 477 Å². The van der Waals surface area contributed by atoms with Gasteiger partial charge in [-0.15, -0.1) is 0 Å². The maximum Gasteiger partial charge on any atom is 0.0788 e. The van der Waals surface area contributed by atoms with Crippen molar-refractivity contribution in [2.45, 2.75) is 0 Å². The molecular weight excluding hydrogens is 1450 g/mol. The lowest BCUT2D eigenvalue weighted by atomic mass is 9.97. The van der Waals surface area contributed by atoms with Gasteiger partial charge in [0.05, 0.1) is 49.7 Å². The van der Waals surface area contributed by atoms with Crippen molar-refractivity contribution in [3.63, 3.8) is 0 Å². The molecule has 560 valence electrons. The first-order chi connectivity index (χ1) is 59.5. The van der Waals surface area contributed by atoms with Crippen LogP contribution in [0.1, 0.15) is 0 Å². The van der Waals surface area contributed by atoms with Crippen LogP contribution in [0.5, 0.6) is 0 Å². The van der Waals surface area contributed by atoms with E-state index in [9.17, 15) is 0 Å². The molecule has 6 heteroatoms. The summed E-state index contributed by atoms with van der Waals surface area (Å²) < 4.78 is 14.3. The van der Waals surface area contributed by atoms with E-state index >= 15 is 0 Å². The highest BCUT2D eigenvalue weighted by molar-refractivity contribution is 6.22. The van der Waals surface area contributed by atoms with E-state index in [1.54, 1.807) is 0 Å². The van der Waals surface area contributed by atoms with Crippen LogP contribution in [0.15, 0.2) is 449 Å². The van der Waals surface area contributed by atoms with Gasteiger partial charge < -0.3 is 27.4 Å². The maximum absolute atomic E-state index is 2.42. The molecule has 26 rings (SSSR count). The Morgan fingerprint density at radius 3 is 0.817 bits per heavy atom. The van der Waals surface area contributed by atoms with E-state index in [4.69, 9.17) is 0 Å². The number of aromatic nitrogens is 6. The van der Waals surface area contributed by atoms with Gasteiger partial charge in [0.15, 0.2) is 0 Å². The van der Waals surface area contributed by atoms with E-state index < -0.39 is 0 Å². The summed E-state index contributed by atoms with van der Waals surface area (Å²) >= 11 is 0. The fourth-order valence-corrected chi connectivity index (χ4v) is 19.4. The van der Waals surface area contributed by atoms with E-state index in [1.165, 1.54) is 208 Å². The summed E-state index contributed by atoms with van der Waals surface area (Å²) in [5.41, 5.74) is 22.9. The molecule has 0 N–H and O–H groups in total. The van der Waals surface area contributed by atoms with Gasteiger partial charge in [0, 0.05) is 101 Å². The molecule has 0 saturated heterocycles. The molecule has 0 aliphatic rings. The zero-order valence-corrected chi connectivity index (χ0v) is 65.4. The summed E-state index contributed by atoms with van der Waals surface area (Å²) in [6.45, 7) is 0. The number of benzene rings is 20. The molecule has 0 aliphatic heterocycles. The van der Waals surface area contributed by atoms with Crippen molar-refractivity contribution in [2.24, 2.45) is 0 Å². The van der Waals surface area contributed by atoms with Gasteiger partial charge in [0.2, 0.25) is 0 Å². The van der Waals surface area contributed by atoms with Crippen molar-refractivity contribution < 1.29 is 0 Å². The van der Waals surface area contributed by atoms with Crippen molar-refractivity contribution in [1.29, 1.82) is 0 Å². The van der Waals surface area contributed by atoms with Gasteiger partial charge in [-0.1, -0.05) is 309 Å². The number of hydrogen-bond acceptors (Lipinski definition) is 0. The number of para-hydroxylation sites is 6. The molecule has 20 aromatic carbocycles. The van der Waals surface area contributed by atoms with Gasteiger partial charge >= 0.3 is 0 Å². The SMILES string of the molecule is c1ccc(-n2c3ccccc3c3ccc4ccn(-c5ccc(-c6ccc7c(ccc8ccccc87)c6)cc5)c4c32)cc1.c1ccc(-n2c3ccccc3c3ccc4ccn(-c5ccc6c(ccc7ccccc76)c5)c4c32)cc1.c1ccc(-n2c3ccccc3c3ccc4ccn(-c5cccc(-c6ccc7c(ccc8ccccc87)c6)c5)c4c32)cc1. The summed E-state index contributed by atoms with van der Waals surface area (Å²) in [6, 6.07) is 156. The van der Waals surface area contributed by atoms with Gasteiger partial charge in [0.25, 0.3) is 0 Å². The number of rotatable bonds is 8. The van der Waals surface area contributed by atoms with Crippen LogP contribution in [0.4, 0.5) is 0 Å². The van der Waals surface area contributed by atoms with Gasteiger partial charge in [-0.2, -0.15) is 0 Å². The zero-order valence-electron chi connectivity index (χ0n) is 65.4. The number of fused-ring (bicyclic) bond motifs is 24. The third-order valence-electron chi connectivity index (χ3n) is 24.9. The van der Waals surface area contributed by atoms with Crippen molar-refractivity contribution in [2.75, 3.05) is 0 Å². The van der Waals surface area contributed by atoms with Crippen LogP contribution >= 0.6 is 0 Å². The van der Waals surface area contributed by atoms with Crippen molar-refractivity contribution in [1.82, 2.24) is 27.4 Å². The summed E-state index contributed by atoms with van der Waals surface area (Å²) in [5.74, 6) is 0. The van der Waals surface area contributed by atoms with Crippen LogP contribution in [0.2, 0.25) is 0 Å². The molecule has 0 aliphatic carbocycles. The zero-order chi connectivity index (χ0) is 78.9. The summed E-state index contributed by atoms with van der Waals surface area (Å²) in [7, 11) is 0. The normalized spacial score (nSPS) is 11.8. The first-order valence-electron chi connectivity index (χ1n) is 41.3.